The van der Waals surface area contributed by atoms with Crippen LogP contribution in [0.25, 0.3) is 0 Å². The fourth-order valence-corrected chi connectivity index (χ4v) is 2.88. The predicted molar refractivity (Wildman–Crippen MR) is 78.9 cm³/mol. The van der Waals surface area contributed by atoms with Gasteiger partial charge in [0.25, 0.3) is 5.91 Å². The Hall–Kier alpha value is -1.23. The quantitative estimate of drug-likeness (QED) is 0.587. The molecule has 19 heavy (non-hydrogen) atoms. The molecule has 0 bridgehead atoms. The number of hydrogen-bond donors (Lipinski definition) is 3. The zero-order valence-corrected chi connectivity index (χ0v) is 13.0. The van der Waals surface area contributed by atoms with Crippen LogP contribution in [0.1, 0.15) is 37.6 Å². The average Bonchev–Trinajstić information content (AvgIpc) is 2.27. The van der Waals surface area contributed by atoms with Gasteiger partial charge in [-0.05, 0) is 24.0 Å². The van der Waals surface area contributed by atoms with E-state index in [1.54, 1.807) is 0 Å². The van der Waals surface area contributed by atoms with Crippen molar-refractivity contribution in [2.75, 3.05) is 6.54 Å². The molecule has 1 atom stereocenters. The number of phenols is 2. The van der Waals surface area contributed by atoms with Crippen LogP contribution in [0.4, 0.5) is 0 Å². The van der Waals surface area contributed by atoms with E-state index in [-0.39, 0.29) is 27.3 Å². The van der Waals surface area contributed by atoms with Gasteiger partial charge in [0, 0.05) is 11.4 Å². The smallest absolute Gasteiger partial charge is 0.255 e. The summed E-state index contributed by atoms with van der Waals surface area (Å²) >= 11 is 3.52. The number of rotatable bonds is 4. The van der Waals surface area contributed by atoms with Crippen molar-refractivity contribution in [1.82, 2.24) is 5.32 Å². The van der Waals surface area contributed by atoms with Gasteiger partial charge in [-0.25, -0.2) is 0 Å². The normalized spacial score (nSPS) is 13.1. The molecule has 0 saturated carbocycles. The molecule has 0 aromatic heterocycles. The van der Waals surface area contributed by atoms with Gasteiger partial charge in [-0.1, -0.05) is 42.8 Å². The number of halogens is 1. The van der Waals surface area contributed by atoms with Gasteiger partial charge in [-0.2, -0.15) is 0 Å². The molecule has 0 fully saturated rings. The second-order valence-corrected chi connectivity index (χ2v) is 7.04. The number of benzene rings is 1. The third-order valence-electron chi connectivity index (χ3n) is 2.58. The summed E-state index contributed by atoms with van der Waals surface area (Å²) in [5.74, 6) is -1.08. The predicted octanol–water partition coefficient (Wildman–Crippen LogP) is 3.03. The molecule has 0 aliphatic rings. The van der Waals surface area contributed by atoms with Crippen LogP contribution in [0, 0.1) is 5.41 Å². The second kappa shape index (κ2) is 6.28. The number of carbonyl (C=O) groups excluding carboxylic acids is 1. The number of phenolic OH excluding ortho intramolecular Hbond substituents is 2. The molecule has 1 aromatic rings. The van der Waals surface area contributed by atoms with Crippen molar-refractivity contribution in [3.63, 3.8) is 0 Å². The summed E-state index contributed by atoms with van der Waals surface area (Å²) in [7, 11) is 0. The molecule has 0 radical (unpaired) electrons. The zero-order valence-electron chi connectivity index (χ0n) is 11.4. The molecule has 0 saturated heterocycles. The van der Waals surface area contributed by atoms with Crippen LogP contribution in [0.5, 0.6) is 11.5 Å². The minimum atomic E-state index is -0.397. The molecular weight excluding hydrogens is 310 g/mol. The third kappa shape index (κ3) is 5.11. The molecule has 1 amide bonds. The highest BCUT2D eigenvalue weighted by molar-refractivity contribution is 9.09. The SMILES string of the molecule is CC(C)(C)CC(Br)CNC(=O)c1cccc(O)c1O. The van der Waals surface area contributed by atoms with Gasteiger partial charge in [0.05, 0.1) is 5.56 Å². The van der Waals surface area contributed by atoms with Crippen molar-refractivity contribution in [2.24, 2.45) is 5.41 Å². The summed E-state index contributed by atoms with van der Waals surface area (Å²) in [5.41, 5.74) is 0.252. The Labute approximate surface area is 122 Å². The number of nitrogens with one attached hydrogen (secondary N) is 1. The summed E-state index contributed by atoms with van der Waals surface area (Å²) < 4.78 is 0. The van der Waals surface area contributed by atoms with Gasteiger partial charge in [0.1, 0.15) is 0 Å². The number of carbonyl (C=O) groups is 1. The van der Waals surface area contributed by atoms with Gasteiger partial charge in [-0.3, -0.25) is 4.79 Å². The van der Waals surface area contributed by atoms with Crippen LogP contribution in [-0.4, -0.2) is 27.5 Å². The zero-order chi connectivity index (χ0) is 14.6. The lowest BCUT2D eigenvalue weighted by atomic mass is 9.90. The molecule has 106 valence electrons. The van der Waals surface area contributed by atoms with Crippen molar-refractivity contribution in [3.05, 3.63) is 23.8 Å². The molecule has 1 unspecified atom stereocenters. The monoisotopic (exact) mass is 329 g/mol. The van der Waals surface area contributed by atoms with Crippen molar-refractivity contribution in [3.8, 4) is 11.5 Å². The Morgan fingerprint density at radius 2 is 2.00 bits per heavy atom. The highest BCUT2D eigenvalue weighted by Crippen LogP contribution is 2.28. The van der Waals surface area contributed by atoms with Crippen LogP contribution < -0.4 is 5.32 Å². The van der Waals surface area contributed by atoms with Crippen molar-refractivity contribution >= 4 is 21.8 Å². The number of aromatic hydroxyl groups is 2. The van der Waals surface area contributed by atoms with E-state index in [0.29, 0.717) is 6.54 Å². The van der Waals surface area contributed by atoms with Gasteiger partial charge >= 0.3 is 0 Å². The first-order valence-corrected chi connectivity index (χ1v) is 7.05. The first kappa shape index (κ1) is 15.8. The molecule has 4 nitrogen and oxygen atoms in total. The maximum Gasteiger partial charge on any atom is 0.255 e. The first-order valence-electron chi connectivity index (χ1n) is 6.14. The molecule has 0 spiro atoms. The van der Waals surface area contributed by atoms with E-state index < -0.39 is 5.91 Å². The summed E-state index contributed by atoms with van der Waals surface area (Å²) in [5, 5.41) is 21.7. The highest BCUT2D eigenvalue weighted by Gasteiger charge is 2.18. The molecule has 5 heteroatoms. The maximum absolute atomic E-state index is 11.9. The van der Waals surface area contributed by atoms with E-state index in [1.807, 2.05) is 0 Å². The van der Waals surface area contributed by atoms with E-state index in [2.05, 4.69) is 42.0 Å². The Morgan fingerprint density at radius 3 is 2.58 bits per heavy atom. The number of hydrogen-bond acceptors (Lipinski definition) is 3. The third-order valence-corrected chi connectivity index (χ3v) is 3.22. The Bertz CT molecular complexity index is 454. The topological polar surface area (TPSA) is 69.6 Å². The van der Waals surface area contributed by atoms with Crippen LogP contribution >= 0.6 is 15.9 Å². The molecule has 0 heterocycles. The Balaban J connectivity index is 2.59. The van der Waals surface area contributed by atoms with E-state index in [0.717, 1.165) is 6.42 Å². The van der Waals surface area contributed by atoms with Gasteiger partial charge in [0.2, 0.25) is 0 Å². The van der Waals surface area contributed by atoms with E-state index in [1.165, 1.54) is 18.2 Å². The summed E-state index contributed by atoms with van der Waals surface area (Å²) in [4.78, 5) is 12.0. The highest BCUT2D eigenvalue weighted by atomic mass is 79.9. The van der Waals surface area contributed by atoms with Gasteiger partial charge in [0.15, 0.2) is 11.5 Å². The molecular formula is C14H20BrNO3. The average molecular weight is 330 g/mol. The first-order chi connectivity index (χ1) is 8.70. The molecule has 0 aliphatic carbocycles. The summed E-state index contributed by atoms with van der Waals surface area (Å²) in [6, 6.07) is 4.32. The lowest BCUT2D eigenvalue weighted by molar-refractivity contribution is 0.0949. The Morgan fingerprint density at radius 1 is 1.37 bits per heavy atom. The Kier molecular flexibility index (Phi) is 5.23. The van der Waals surface area contributed by atoms with E-state index >= 15 is 0 Å². The standard InChI is InChI=1S/C14H20BrNO3/c1-14(2,3)7-9(15)8-16-13(19)10-5-4-6-11(17)12(10)18/h4-6,9,17-18H,7-8H2,1-3H3,(H,16,19). The number of alkyl halides is 1. The van der Waals surface area contributed by atoms with Crippen molar-refractivity contribution in [1.29, 1.82) is 0 Å². The second-order valence-electron chi connectivity index (χ2n) is 5.75. The van der Waals surface area contributed by atoms with Crippen LogP contribution in [0.15, 0.2) is 18.2 Å². The van der Waals surface area contributed by atoms with Gasteiger partial charge in [-0.15, -0.1) is 0 Å². The van der Waals surface area contributed by atoms with Crippen molar-refractivity contribution in [2.45, 2.75) is 32.0 Å². The summed E-state index contributed by atoms with van der Waals surface area (Å²) in [6.45, 7) is 6.85. The summed E-state index contributed by atoms with van der Waals surface area (Å²) in [6.07, 6.45) is 0.916. The number of para-hydroxylation sites is 1. The van der Waals surface area contributed by atoms with Gasteiger partial charge < -0.3 is 15.5 Å². The largest absolute Gasteiger partial charge is 0.504 e. The molecule has 1 rings (SSSR count). The molecule has 1 aromatic carbocycles. The minimum Gasteiger partial charge on any atom is -0.504 e. The lowest BCUT2D eigenvalue weighted by Crippen LogP contribution is -2.31. The lowest BCUT2D eigenvalue weighted by Gasteiger charge is -2.22. The van der Waals surface area contributed by atoms with Crippen LogP contribution in [-0.2, 0) is 0 Å². The molecule has 0 aliphatic heterocycles. The van der Waals surface area contributed by atoms with E-state index in [9.17, 15) is 15.0 Å². The number of amides is 1. The van der Waals surface area contributed by atoms with Crippen LogP contribution in [0.3, 0.4) is 0 Å². The van der Waals surface area contributed by atoms with Crippen LogP contribution in [0.2, 0.25) is 0 Å². The molecule has 3 N–H and O–H groups in total. The fourth-order valence-electron chi connectivity index (χ4n) is 1.75. The maximum atomic E-state index is 11.9. The van der Waals surface area contributed by atoms with E-state index in [4.69, 9.17) is 0 Å². The minimum absolute atomic E-state index is 0.0791. The fraction of sp³-hybridized carbons (Fsp3) is 0.500. The van der Waals surface area contributed by atoms with Crippen molar-refractivity contribution < 1.29 is 15.0 Å².